The Morgan fingerprint density at radius 3 is 2.61 bits per heavy atom. The van der Waals surface area contributed by atoms with Crippen molar-refractivity contribution >= 4 is 0 Å². The van der Waals surface area contributed by atoms with Crippen LogP contribution >= 0.6 is 0 Å². The van der Waals surface area contributed by atoms with Gasteiger partial charge in [-0.3, -0.25) is 0 Å². The van der Waals surface area contributed by atoms with Crippen LogP contribution in [0.4, 0.5) is 13.2 Å². The molecule has 1 nitrogen and oxygen atoms in total. The Labute approximate surface area is 105 Å². The first kappa shape index (κ1) is 14.8. The minimum absolute atomic E-state index is 0.233. The third kappa shape index (κ3) is 4.92. The monoisotopic (exact) mass is 258 g/mol. The summed E-state index contributed by atoms with van der Waals surface area (Å²) in [6.07, 6.45) is -3.54. The van der Waals surface area contributed by atoms with Crippen LogP contribution in [0.25, 0.3) is 0 Å². The Balaban J connectivity index is 2.65. The molecule has 0 aliphatic heterocycles. The van der Waals surface area contributed by atoms with Crippen molar-refractivity contribution in [3.63, 3.8) is 0 Å². The summed E-state index contributed by atoms with van der Waals surface area (Å²) in [6.45, 7) is 5.58. The molecule has 100 valence electrons. The molecule has 0 radical (unpaired) electrons. The van der Waals surface area contributed by atoms with Gasteiger partial charge in [-0.2, -0.15) is 13.2 Å². The van der Waals surface area contributed by atoms with E-state index in [9.17, 15) is 18.3 Å². The molecule has 0 aliphatic carbocycles. The number of aliphatic hydroxyl groups excluding tert-OH is 1. The average Bonchev–Trinajstić information content (AvgIpc) is 2.25. The highest BCUT2D eigenvalue weighted by molar-refractivity contribution is 5.26. The van der Waals surface area contributed by atoms with Gasteiger partial charge in [-0.05, 0) is 37.8 Å². The molecule has 0 amide bonds. The molecule has 1 aromatic rings. The smallest absolute Gasteiger partial charge is 0.393 e. The molecule has 0 aromatic heterocycles. The third-order valence-corrected chi connectivity index (χ3v) is 2.63. The predicted octanol–water partition coefficient (Wildman–Crippen LogP) is 3.97. The molecule has 0 bridgehead atoms. The van der Waals surface area contributed by atoms with E-state index in [1.807, 2.05) is 6.92 Å². The number of rotatable bonds is 5. The lowest BCUT2D eigenvalue weighted by molar-refractivity contribution is -0.137. The summed E-state index contributed by atoms with van der Waals surface area (Å²) in [5.41, 5.74) is 0.782. The standard InChI is InChI=1S/C14H17F3O/c1-10(2)6-7-13(18)9-11-4-3-5-12(8-11)14(15,16)17/h3-5,8,13,18H,1,6-7,9H2,2H3. The maximum absolute atomic E-state index is 12.5. The molecule has 1 unspecified atom stereocenters. The fraction of sp³-hybridized carbons (Fsp3) is 0.429. The number of hydrogen-bond donors (Lipinski definition) is 1. The second-order valence-corrected chi connectivity index (χ2v) is 4.55. The second kappa shape index (κ2) is 6.05. The highest BCUT2D eigenvalue weighted by atomic mass is 19.4. The lowest BCUT2D eigenvalue weighted by Gasteiger charge is -2.12. The summed E-state index contributed by atoms with van der Waals surface area (Å²) in [4.78, 5) is 0. The molecule has 1 rings (SSSR count). The number of allylic oxidation sites excluding steroid dienone is 1. The molecular formula is C14H17F3O. The van der Waals surface area contributed by atoms with Crippen molar-refractivity contribution < 1.29 is 18.3 Å². The minimum atomic E-state index is -4.33. The zero-order valence-corrected chi connectivity index (χ0v) is 10.3. The molecular weight excluding hydrogens is 241 g/mol. The number of hydrogen-bond acceptors (Lipinski definition) is 1. The Kier molecular flexibility index (Phi) is 4.96. The number of benzene rings is 1. The maximum atomic E-state index is 12.5. The van der Waals surface area contributed by atoms with Crippen molar-refractivity contribution in [2.75, 3.05) is 0 Å². The van der Waals surface area contributed by atoms with E-state index in [-0.39, 0.29) is 6.42 Å². The summed E-state index contributed by atoms with van der Waals surface area (Å²) < 4.78 is 37.5. The van der Waals surface area contributed by atoms with Crippen LogP contribution < -0.4 is 0 Å². The molecule has 1 aromatic carbocycles. The van der Waals surface area contributed by atoms with Gasteiger partial charge in [0.25, 0.3) is 0 Å². The Hall–Kier alpha value is -1.29. The van der Waals surface area contributed by atoms with Crippen molar-refractivity contribution in [3.05, 3.63) is 47.5 Å². The molecule has 4 heteroatoms. The topological polar surface area (TPSA) is 20.2 Å². The van der Waals surface area contributed by atoms with E-state index in [2.05, 4.69) is 6.58 Å². The van der Waals surface area contributed by atoms with Crippen molar-refractivity contribution in [1.82, 2.24) is 0 Å². The van der Waals surface area contributed by atoms with Crippen LogP contribution in [0.1, 0.15) is 30.9 Å². The second-order valence-electron chi connectivity index (χ2n) is 4.55. The van der Waals surface area contributed by atoms with Crippen molar-refractivity contribution in [2.45, 2.75) is 38.5 Å². The van der Waals surface area contributed by atoms with E-state index in [0.29, 0.717) is 18.4 Å². The van der Waals surface area contributed by atoms with Crippen molar-refractivity contribution in [1.29, 1.82) is 0 Å². The molecule has 1 atom stereocenters. The SMILES string of the molecule is C=C(C)CCC(O)Cc1cccc(C(F)(F)F)c1. The quantitative estimate of drug-likeness (QED) is 0.792. The highest BCUT2D eigenvalue weighted by Gasteiger charge is 2.30. The number of aliphatic hydroxyl groups is 1. The zero-order chi connectivity index (χ0) is 13.8. The maximum Gasteiger partial charge on any atom is 0.416 e. The summed E-state index contributed by atoms with van der Waals surface area (Å²) in [6, 6.07) is 5.08. The molecule has 1 N–H and O–H groups in total. The van der Waals surface area contributed by atoms with Gasteiger partial charge in [0.15, 0.2) is 0 Å². The number of alkyl halides is 3. The summed E-state index contributed by atoms with van der Waals surface area (Å²) in [5, 5.41) is 9.72. The van der Waals surface area contributed by atoms with Crippen LogP contribution in [-0.4, -0.2) is 11.2 Å². The van der Waals surface area contributed by atoms with E-state index in [1.165, 1.54) is 6.07 Å². The van der Waals surface area contributed by atoms with E-state index >= 15 is 0 Å². The van der Waals surface area contributed by atoms with Crippen LogP contribution in [0.2, 0.25) is 0 Å². The lowest BCUT2D eigenvalue weighted by Crippen LogP contribution is -2.12. The molecule has 0 saturated carbocycles. The normalized spacial score (nSPS) is 13.4. The molecule has 0 spiro atoms. The van der Waals surface area contributed by atoms with Crippen LogP contribution in [0.5, 0.6) is 0 Å². The van der Waals surface area contributed by atoms with Gasteiger partial charge in [0.1, 0.15) is 0 Å². The Morgan fingerprint density at radius 2 is 2.06 bits per heavy atom. The zero-order valence-electron chi connectivity index (χ0n) is 10.3. The predicted molar refractivity (Wildman–Crippen MR) is 65.2 cm³/mol. The van der Waals surface area contributed by atoms with Gasteiger partial charge in [0.05, 0.1) is 11.7 Å². The summed E-state index contributed by atoms with van der Waals surface area (Å²) in [5.74, 6) is 0. The highest BCUT2D eigenvalue weighted by Crippen LogP contribution is 2.29. The molecule has 0 fully saturated rings. The molecule has 18 heavy (non-hydrogen) atoms. The van der Waals surface area contributed by atoms with Crippen LogP contribution in [0.15, 0.2) is 36.4 Å². The first-order valence-electron chi connectivity index (χ1n) is 5.77. The molecule has 0 saturated heterocycles. The van der Waals surface area contributed by atoms with Crippen LogP contribution in [-0.2, 0) is 12.6 Å². The van der Waals surface area contributed by atoms with E-state index in [1.54, 1.807) is 6.07 Å². The summed E-state index contributed by atoms with van der Waals surface area (Å²) >= 11 is 0. The Bertz CT molecular complexity index is 410. The van der Waals surface area contributed by atoms with Crippen LogP contribution in [0.3, 0.4) is 0 Å². The largest absolute Gasteiger partial charge is 0.416 e. The first-order chi connectivity index (χ1) is 8.29. The van der Waals surface area contributed by atoms with E-state index < -0.39 is 17.8 Å². The fourth-order valence-corrected chi connectivity index (χ4v) is 1.66. The third-order valence-electron chi connectivity index (χ3n) is 2.63. The van der Waals surface area contributed by atoms with Gasteiger partial charge in [-0.1, -0.05) is 23.8 Å². The van der Waals surface area contributed by atoms with Gasteiger partial charge in [0, 0.05) is 0 Å². The van der Waals surface area contributed by atoms with Crippen LogP contribution in [0, 0.1) is 0 Å². The van der Waals surface area contributed by atoms with E-state index in [4.69, 9.17) is 0 Å². The Morgan fingerprint density at radius 1 is 1.39 bits per heavy atom. The van der Waals surface area contributed by atoms with E-state index in [0.717, 1.165) is 17.7 Å². The van der Waals surface area contributed by atoms with Crippen molar-refractivity contribution in [3.8, 4) is 0 Å². The molecule has 0 aliphatic rings. The fourth-order valence-electron chi connectivity index (χ4n) is 1.66. The summed E-state index contributed by atoms with van der Waals surface area (Å²) in [7, 11) is 0. The van der Waals surface area contributed by atoms with Gasteiger partial charge >= 0.3 is 6.18 Å². The van der Waals surface area contributed by atoms with Gasteiger partial charge in [-0.15, -0.1) is 6.58 Å². The average molecular weight is 258 g/mol. The molecule has 0 heterocycles. The van der Waals surface area contributed by atoms with Gasteiger partial charge < -0.3 is 5.11 Å². The first-order valence-corrected chi connectivity index (χ1v) is 5.77. The van der Waals surface area contributed by atoms with Gasteiger partial charge in [-0.25, -0.2) is 0 Å². The van der Waals surface area contributed by atoms with Gasteiger partial charge in [0.2, 0.25) is 0 Å². The van der Waals surface area contributed by atoms with Crippen molar-refractivity contribution in [2.24, 2.45) is 0 Å². The number of halogens is 3. The lowest BCUT2D eigenvalue weighted by atomic mass is 10.0. The minimum Gasteiger partial charge on any atom is -0.393 e.